The normalized spacial score (nSPS) is 11.4. The first-order valence-corrected chi connectivity index (χ1v) is 8.84. The lowest BCUT2D eigenvalue weighted by Crippen LogP contribution is -2.42. The van der Waals surface area contributed by atoms with Gasteiger partial charge in [0.25, 0.3) is 15.9 Å². The van der Waals surface area contributed by atoms with Gasteiger partial charge in [-0.15, -0.1) is 4.83 Å². The minimum absolute atomic E-state index is 0.0812. The Hall–Kier alpha value is -3.18. The molecule has 3 aromatic rings. The van der Waals surface area contributed by atoms with Crippen LogP contribution < -0.4 is 10.3 Å². The van der Waals surface area contributed by atoms with E-state index in [0.717, 1.165) is 5.56 Å². The Morgan fingerprint density at radius 1 is 1.00 bits per heavy atom. The van der Waals surface area contributed by atoms with Gasteiger partial charge in [-0.25, -0.2) is 21.6 Å². The molecule has 0 spiro atoms. The van der Waals surface area contributed by atoms with Crippen molar-refractivity contribution in [2.75, 3.05) is 0 Å². The summed E-state index contributed by atoms with van der Waals surface area (Å²) in [6, 6.07) is 11.2. The lowest BCUT2D eigenvalue weighted by Gasteiger charge is -2.09. The highest BCUT2D eigenvalue weighted by molar-refractivity contribution is 7.89. The second kappa shape index (κ2) is 7.21. The highest BCUT2D eigenvalue weighted by Crippen LogP contribution is 2.19. The van der Waals surface area contributed by atoms with E-state index in [1.54, 1.807) is 35.2 Å². The monoisotopic (exact) mass is 396 g/mol. The first-order chi connectivity index (χ1) is 12.8. The lowest BCUT2D eigenvalue weighted by molar-refractivity contribution is 0.0940. The molecule has 7 nitrogen and oxygen atoms in total. The van der Waals surface area contributed by atoms with E-state index in [4.69, 9.17) is 0 Å². The number of aromatic amines is 1. The molecule has 1 aromatic heterocycles. The van der Waals surface area contributed by atoms with Gasteiger partial charge < -0.3 is 0 Å². The summed E-state index contributed by atoms with van der Waals surface area (Å²) in [6.45, 7) is 0. The molecule has 0 saturated heterocycles. The van der Waals surface area contributed by atoms with Crippen molar-refractivity contribution in [1.29, 1.82) is 0 Å². The lowest BCUT2D eigenvalue weighted by atomic mass is 10.1. The molecule has 0 unspecified atom stereocenters. The summed E-state index contributed by atoms with van der Waals surface area (Å²) >= 11 is 0. The summed E-state index contributed by atoms with van der Waals surface area (Å²) in [5.41, 5.74) is 2.91. The number of carbonyl (C=O) groups is 1. The Morgan fingerprint density at radius 2 is 1.70 bits per heavy atom. The topological polar surface area (TPSA) is 104 Å². The van der Waals surface area contributed by atoms with Crippen molar-refractivity contribution < 1.29 is 26.4 Å². The summed E-state index contributed by atoms with van der Waals surface area (Å²) in [6.07, 6.45) is 0. The maximum absolute atomic E-state index is 13.6. The van der Waals surface area contributed by atoms with E-state index in [2.05, 4.69) is 10.2 Å². The molecule has 27 heavy (non-hydrogen) atoms. The van der Waals surface area contributed by atoms with Crippen LogP contribution >= 0.6 is 0 Å². The minimum Gasteiger partial charge on any atom is -0.272 e. The zero-order valence-electron chi connectivity index (χ0n) is 13.3. The average Bonchev–Trinajstić information content (AvgIpc) is 3.15. The third-order valence-corrected chi connectivity index (χ3v) is 4.75. The summed E-state index contributed by atoms with van der Waals surface area (Å²) in [7, 11) is -4.68. The summed E-state index contributed by atoms with van der Waals surface area (Å²) in [5.74, 6) is -6.30. The van der Waals surface area contributed by atoms with E-state index in [-0.39, 0.29) is 5.69 Å². The van der Waals surface area contributed by atoms with E-state index in [1.807, 2.05) is 5.43 Å². The van der Waals surface area contributed by atoms with Crippen LogP contribution in [0.2, 0.25) is 0 Å². The number of sulfonamides is 1. The fourth-order valence-electron chi connectivity index (χ4n) is 2.15. The zero-order chi connectivity index (χ0) is 19.6. The molecule has 0 aliphatic heterocycles. The van der Waals surface area contributed by atoms with E-state index in [1.165, 1.54) is 6.07 Å². The molecule has 3 rings (SSSR count). The van der Waals surface area contributed by atoms with Crippen molar-refractivity contribution in [3.05, 3.63) is 71.7 Å². The van der Waals surface area contributed by atoms with Crippen molar-refractivity contribution in [3.63, 3.8) is 0 Å². The van der Waals surface area contributed by atoms with Gasteiger partial charge in [0.1, 0.15) is 10.6 Å². The van der Waals surface area contributed by atoms with Gasteiger partial charge in [0, 0.05) is 5.56 Å². The van der Waals surface area contributed by atoms with Crippen molar-refractivity contribution in [3.8, 4) is 11.3 Å². The Kier molecular flexibility index (Phi) is 4.97. The molecule has 0 radical (unpaired) electrons. The van der Waals surface area contributed by atoms with Crippen LogP contribution in [-0.2, 0) is 10.0 Å². The molecular formula is C16H11F3N4O3S. The Morgan fingerprint density at radius 3 is 2.41 bits per heavy atom. The smallest absolute Gasteiger partial charge is 0.272 e. The van der Waals surface area contributed by atoms with Crippen LogP contribution in [-0.4, -0.2) is 24.5 Å². The molecule has 0 aliphatic rings. The third kappa shape index (κ3) is 3.83. The van der Waals surface area contributed by atoms with Gasteiger partial charge in [0.15, 0.2) is 17.5 Å². The van der Waals surface area contributed by atoms with Gasteiger partial charge >= 0.3 is 0 Å². The fourth-order valence-corrected chi connectivity index (χ4v) is 3.06. The number of hydrazine groups is 1. The number of amides is 1. The van der Waals surface area contributed by atoms with Crippen molar-refractivity contribution in [1.82, 2.24) is 20.5 Å². The number of nitrogens with one attached hydrogen (secondary N) is 3. The molecule has 0 bridgehead atoms. The van der Waals surface area contributed by atoms with Gasteiger partial charge in [-0.05, 0) is 18.2 Å². The number of rotatable bonds is 5. The van der Waals surface area contributed by atoms with E-state index in [0.29, 0.717) is 17.8 Å². The molecule has 0 atom stereocenters. The van der Waals surface area contributed by atoms with Crippen molar-refractivity contribution >= 4 is 15.9 Å². The number of benzene rings is 2. The average molecular weight is 396 g/mol. The number of nitrogens with zero attached hydrogens (tertiary/aromatic N) is 1. The van der Waals surface area contributed by atoms with E-state index in [9.17, 15) is 26.4 Å². The maximum Gasteiger partial charge on any atom is 0.284 e. The van der Waals surface area contributed by atoms with Crippen LogP contribution in [0.25, 0.3) is 11.3 Å². The summed E-state index contributed by atoms with van der Waals surface area (Å²) in [5, 5.41) is 6.36. The van der Waals surface area contributed by atoms with Crippen LogP contribution in [0.4, 0.5) is 13.2 Å². The first kappa shape index (κ1) is 18.6. The molecule has 0 fully saturated rings. The largest absolute Gasteiger partial charge is 0.284 e. The van der Waals surface area contributed by atoms with Gasteiger partial charge in [-0.3, -0.25) is 15.3 Å². The molecule has 0 aliphatic carbocycles. The van der Waals surface area contributed by atoms with Crippen molar-refractivity contribution in [2.24, 2.45) is 0 Å². The van der Waals surface area contributed by atoms with Crippen LogP contribution in [0.15, 0.2) is 53.4 Å². The minimum atomic E-state index is -4.68. The standard InChI is InChI=1S/C16H11F3N4O3S/c17-10-6-7-13(15(19)14(10)18)27(25,26)23-22-16(24)12-8-11(20-21-12)9-4-2-1-3-5-9/h1-8,23H,(H,20,21)(H,22,24). The first-order valence-electron chi connectivity index (χ1n) is 7.36. The molecule has 1 heterocycles. The molecular weight excluding hydrogens is 385 g/mol. The molecule has 11 heteroatoms. The van der Waals surface area contributed by atoms with E-state index < -0.39 is 38.3 Å². The summed E-state index contributed by atoms with van der Waals surface area (Å²) in [4.78, 5) is 12.5. The second-order valence-corrected chi connectivity index (χ2v) is 6.92. The maximum atomic E-state index is 13.6. The number of hydrogen-bond acceptors (Lipinski definition) is 4. The predicted octanol–water partition coefficient (Wildman–Crippen LogP) is 2.12. The fraction of sp³-hybridized carbons (Fsp3) is 0. The highest BCUT2D eigenvalue weighted by Gasteiger charge is 2.25. The van der Waals surface area contributed by atoms with Gasteiger partial charge in [0.2, 0.25) is 0 Å². The van der Waals surface area contributed by atoms with Gasteiger partial charge in [-0.2, -0.15) is 5.10 Å². The Balaban J connectivity index is 1.74. The van der Waals surface area contributed by atoms with Crippen LogP contribution in [0.5, 0.6) is 0 Å². The molecule has 1 amide bonds. The number of hydrogen-bond donors (Lipinski definition) is 3. The zero-order valence-corrected chi connectivity index (χ0v) is 14.1. The Labute approximate surface area is 151 Å². The van der Waals surface area contributed by atoms with Gasteiger partial charge in [-0.1, -0.05) is 30.3 Å². The molecule has 2 aromatic carbocycles. The Bertz CT molecular complexity index is 1100. The number of carbonyl (C=O) groups excluding carboxylic acids is 1. The molecule has 3 N–H and O–H groups in total. The number of H-pyrrole nitrogens is 1. The highest BCUT2D eigenvalue weighted by atomic mass is 32.2. The quantitative estimate of drug-likeness (QED) is 0.454. The van der Waals surface area contributed by atoms with Crippen LogP contribution in [0.3, 0.4) is 0 Å². The van der Waals surface area contributed by atoms with Crippen LogP contribution in [0, 0.1) is 17.5 Å². The number of halogens is 3. The van der Waals surface area contributed by atoms with Crippen LogP contribution in [0.1, 0.15) is 10.5 Å². The predicted molar refractivity (Wildman–Crippen MR) is 88.1 cm³/mol. The SMILES string of the molecule is O=C(NNS(=O)(=O)c1ccc(F)c(F)c1F)c1cc(-c2ccccc2)n[nH]1. The van der Waals surface area contributed by atoms with E-state index >= 15 is 0 Å². The molecule has 0 saturated carbocycles. The summed E-state index contributed by atoms with van der Waals surface area (Å²) < 4.78 is 63.8. The second-order valence-electron chi connectivity index (χ2n) is 5.27. The van der Waals surface area contributed by atoms with Crippen molar-refractivity contribution in [2.45, 2.75) is 4.90 Å². The number of aromatic nitrogens is 2. The molecule has 140 valence electrons. The third-order valence-electron chi connectivity index (χ3n) is 3.48. The van der Waals surface area contributed by atoms with Gasteiger partial charge in [0.05, 0.1) is 5.69 Å².